The van der Waals surface area contributed by atoms with Crippen LogP contribution in [0.4, 0.5) is 5.13 Å². The molecule has 2 N–H and O–H groups in total. The Labute approximate surface area is 205 Å². The van der Waals surface area contributed by atoms with E-state index in [2.05, 4.69) is 46.7 Å². The average molecular weight is 493 g/mol. The smallest absolute Gasteiger partial charge is 0.326 e. The number of nitrogens with one attached hydrogen (secondary N) is 2. The van der Waals surface area contributed by atoms with Crippen LogP contribution < -0.4 is 11.0 Å². The van der Waals surface area contributed by atoms with Crippen LogP contribution in [0.25, 0.3) is 12.2 Å². The molecule has 0 fully saturated rings. The lowest BCUT2D eigenvalue weighted by Gasteiger charge is -2.19. The Morgan fingerprint density at radius 3 is 2.82 bits per heavy atom. The van der Waals surface area contributed by atoms with E-state index in [1.54, 1.807) is 24.6 Å². The van der Waals surface area contributed by atoms with E-state index in [0.717, 1.165) is 45.4 Å². The van der Waals surface area contributed by atoms with Crippen LogP contribution in [-0.2, 0) is 13.5 Å². The number of benzene rings is 2. The van der Waals surface area contributed by atoms with Gasteiger partial charge in [-0.05, 0) is 41.3 Å². The number of anilines is 1. The Morgan fingerprint density at radius 2 is 2.00 bits per heavy atom. The van der Waals surface area contributed by atoms with Crippen molar-refractivity contribution >= 4 is 52.4 Å². The van der Waals surface area contributed by atoms with Gasteiger partial charge in [-0.3, -0.25) is 4.98 Å². The molecule has 5 rings (SSSR count). The summed E-state index contributed by atoms with van der Waals surface area (Å²) in [5.41, 5.74) is 4.85. The lowest BCUT2D eigenvalue weighted by molar-refractivity contribution is 0.770. The molecule has 33 heavy (non-hydrogen) atoms. The number of thiazole rings is 1. The fraction of sp³-hybridized carbons (Fsp3) is 0.160. The van der Waals surface area contributed by atoms with E-state index in [9.17, 15) is 4.79 Å². The number of aryl methyl sites for hydroxylation is 1. The average Bonchev–Trinajstić information content (AvgIpc) is 3.14. The first kappa shape index (κ1) is 21.8. The van der Waals surface area contributed by atoms with Crippen LogP contribution in [-0.4, -0.2) is 21.1 Å². The topological polar surface area (TPSA) is 62.7 Å². The van der Waals surface area contributed by atoms with Gasteiger partial charge in [-0.2, -0.15) is 0 Å². The van der Waals surface area contributed by atoms with Crippen LogP contribution in [0.15, 0.2) is 59.5 Å². The Morgan fingerprint density at radius 1 is 1.18 bits per heavy atom. The molecule has 2 aromatic carbocycles. The highest BCUT2D eigenvalue weighted by Gasteiger charge is 2.28. The lowest BCUT2D eigenvalue weighted by Crippen LogP contribution is -2.22. The summed E-state index contributed by atoms with van der Waals surface area (Å²) in [6.07, 6.45) is 6.87. The Bertz CT molecular complexity index is 1470. The molecule has 8 heteroatoms. The van der Waals surface area contributed by atoms with Crippen LogP contribution in [0.1, 0.15) is 38.7 Å². The van der Waals surface area contributed by atoms with Crippen LogP contribution >= 0.6 is 35.2 Å². The number of hydrogen-bond acceptors (Lipinski definition) is 5. The largest absolute Gasteiger partial charge is 0.361 e. The highest BCUT2D eigenvalue weighted by Crippen LogP contribution is 2.42. The summed E-state index contributed by atoms with van der Waals surface area (Å²) in [7, 11) is 1.72. The van der Waals surface area contributed by atoms with Crippen molar-refractivity contribution in [3.05, 3.63) is 108 Å². The zero-order valence-electron chi connectivity index (χ0n) is 17.8. The standard InChI is InChI=1S/C25H21ClN4OS2/c1-30-14-19(23(32)29-25(30)31)21-18-9-8-17(26)13-16(18)7-10-20-22(21)28-24(33-20)27-12-11-15-5-3-2-4-6-15/h2-10,13-14,21H,11-12H2,1H3,(H,27,28)(H,29,31,32). The maximum atomic E-state index is 12.1. The van der Waals surface area contributed by atoms with E-state index in [1.165, 1.54) is 10.1 Å². The van der Waals surface area contributed by atoms with Crippen molar-refractivity contribution in [1.29, 1.82) is 0 Å². The van der Waals surface area contributed by atoms with Gasteiger partial charge in [0.05, 0.1) is 16.5 Å². The summed E-state index contributed by atoms with van der Waals surface area (Å²) in [6.45, 7) is 0.789. The monoisotopic (exact) mass is 492 g/mol. The van der Waals surface area contributed by atoms with Crippen molar-refractivity contribution in [3.8, 4) is 0 Å². The van der Waals surface area contributed by atoms with Gasteiger partial charge in [0.1, 0.15) is 4.64 Å². The fourth-order valence-electron chi connectivity index (χ4n) is 4.07. The quantitative estimate of drug-likeness (QED) is 0.301. The summed E-state index contributed by atoms with van der Waals surface area (Å²) in [5, 5.41) is 5.01. The van der Waals surface area contributed by atoms with Gasteiger partial charge >= 0.3 is 5.69 Å². The summed E-state index contributed by atoms with van der Waals surface area (Å²) in [6, 6.07) is 16.2. The van der Waals surface area contributed by atoms with E-state index in [1.807, 2.05) is 24.3 Å². The third-order valence-corrected chi connectivity index (χ3v) is 7.28. The SMILES string of the molecule is Cn1cc(C2c3ccc(Cl)cc3C=Cc3sc(NCCc4ccccc4)nc32)c(=S)[nH]c1=O. The van der Waals surface area contributed by atoms with Gasteiger partial charge in [0.25, 0.3) is 0 Å². The van der Waals surface area contributed by atoms with Gasteiger partial charge in [0, 0.05) is 30.4 Å². The molecule has 1 unspecified atom stereocenters. The molecule has 0 spiro atoms. The van der Waals surface area contributed by atoms with Gasteiger partial charge in [0.2, 0.25) is 0 Å². The van der Waals surface area contributed by atoms with Gasteiger partial charge in [-0.15, -0.1) is 0 Å². The van der Waals surface area contributed by atoms with Gasteiger partial charge < -0.3 is 9.88 Å². The second-order valence-corrected chi connectivity index (χ2v) is 9.80. The first-order chi connectivity index (χ1) is 16.0. The number of aromatic nitrogens is 3. The van der Waals surface area contributed by atoms with E-state index in [4.69, 9.17) is 28.8 Å². The number of nitrogens with zero attached hydrogens (tertiary/aromatic N) is 2. The molecule has 0 saturated carbocycles. The number of H-pyrrole nitrogens is 1. The lowest BCUT2D eigenvalue weighted by atomic mass is 9.88. The van der Waals surface area contributed by atoms with E-state index >= 15 is 0 Å². The summed E-state index contributed by atoms with van der Waals surface area (Å²) in [5.74, 6) is -0.223. The normalized spacial score (nSPS) is 14.4. The van der Waals surface area contributed by atoms with E-state index in [-0.39, 0.29) is 11.6 Å². The maximum Gasteiger partial charge on any atom is 0.326 e. The predicted octanol–water partition coefficient (Wildman–Crippen LogP) is 5.87. The Balaban J connectivity index is 1.56. The third kappa shape index (κ3) is 4.44. The van der Waals surface area contributed by atoms with Crippen LogP contribution in [0.3, 0.4) is 0 Å². The molecule has 4 aromatic rings. The molecule has 2 aromatic heterocycles. The molecule has 1 aliphatic rings. The molecule has 0 bridgehead atoms. The Kier molecular flexibility index (Phi) is 6.01. The van der Waals surface area contributed by atoms with Crippen molar-refractivity contribution in [1.82, 2.24) is 14.5 Å². The summed E-state index contributed by atoms with van der Waals surface area (Å²) >= 11 is 13.5. The van der Waals surface area contributed by atoms with Crippen LogP contribution in [0, 0.1) is 4.64 Å². The first-order valence-electron chi connectivity index (χ1n) is 10.6. The molecular weight excluding hydrogens is 472 g/mol. The van der Waals surface area contributed by atoms with Crippen molar-refractivity contribution in [2.24, 2.45) is 7.05 Å². The molecule has 1 atom stereocenters. The fourth-order valence-corrected chi connectivity index (χ4v) is 5.44. The molecule has 5 nitrogen and oxygen atoms in total. The minimum absolute atomic E-state index is 0.223. The highest BCUT2D eigenvalue weighted by atomic mass is 35.5. The molecule has 0 amide bonds. The van der Waals surface area contributed by atoms with Crippen molar-refractivity contribution in [3.63, 3.8) is 0 Å². The number of fused-ring (bicyclic) bond motifs is 2. The molecule has 0 radical (unpaired) electrons. The summed E-state index contributed by atoms with van der Waals surface area (Å²) < 4.78 is 1.94. The Hall–Kier alpha value is -3.00. The van der Waals surface area contributed by atoms with Crippen molar-refractivity contribution in [2.75, 3.05) is 11.9 Å². The van der Waals surface area contributed by atoms with E-state index < -0.39 is 0 Å². The number of halogens is 1. The van der Waals surface area contributed by atoms with Crippen molar-refractivity contribution in [2.45, 2.75) is 12.3 Å². The zero-order chi connectivity index (χ0) is 22.9. The second-order valence-electron chi connectivity index (χ2n) is 7.93. The molecule has 166 valence electrons. The first-order valence-corrected chi connectivity index (χ1v) is 12.2. The second kappa shape index (κ2) is 9.09. The number of aromatic amines is 1. The molecule has 0 aliphatic heterocycles. The molecule has 1 aliphatic carbocycles. The van der Waals surface area contributed by atoms with Crippen molar-refractivity contribution < 1.29 is 0 Å². The predicted molar refractivity (Wildman–Crippen MR) is 139 cm³/mol. The van der Waals surface area contributed by atoms with Crippen LogP contribution in [0.5, 0.6) is 0 Å². The molecule has 0 saturated heterocycles. The maximum absolute atomic E-state index is 12.1. The van der Waals surface area contributed by atoms with Gasteiger partial charge in [-0.25, -0.2) is 9.78 Å². The van der Waals surface area contributed by atoms with E-state index in [0.29, 0.717) is 9.66 Å². The minimum atomic E-state index is -0.242. The van der Waals surface area contributed by atoms with Gasteiger partial charge in [0.15, 0.2) is 5.13 Å². The molecular formula is C25H21ClN4OS2. The number of hydrogen-bond donors (Lipinski definition) is 2. The third-order valence-electron chi connectivity index (χ3n) is 5.71. The highest BCUT2D eigenvalue weighted by molar-refractivity contribution is 7.71. The molecule has 2 heterocycles. The van der Waals surface area contributed by atoms with Crippen LogP contribution in [0.2, 0.25) is 5.02 Å². The minimum Gasteiger partial charge on any atom is -0.361 e. The number of rotatable bonds is 5. The van der Waals surface area contributed by atoms with Gasteiger partial charge in [-0.1, -0.05) is 77.6 Å². The zero-order valence-corrected chi connectivity index (χ0v) is 20.2. The summed E-state index contributed by atoms with van der Waals surface area (Å²) in [4.78, 5) is 20.9.